The second-order valence-electron chi connectivity index (χ2n) is 5.07. The number of likely N-dealkylation sites (N-methyl/N-ethyl adjacent to an activating group) is 1. The van der Waals surface area contributed by atoms with Gasteiger partial charge >= 0.3 is 12.1 Å². The molecule has 0 spiro atoms. The summed E-state index contributed by atoms with van der Waals surface area (Å²) in [5.74, 6) is -2.67. The van der Waals surface area contributed by atoms with E-state index >= 15 is 0 Å². The molecule has 120 valence electrons. The Kier molecular flexibility index (Phi) is 5.64. The van der Waals surface area contributed by atoms with Gasteiger partial charge in [-0.2, -0.15) is 0 Å². The molecule has 1 aromatic carbocycles. The normalized spacial score (nSPS) is 14.5. The summed E-state index contributed by atoms with van der Waals surface area (Å²) in [6.07, 6.45) is -0.786. The van der Waals surface area contributed by atoms with Crippen molar-refractivity contribution in [3.8, 4) is 0 Å². The van der Waals surface area contributed by atoms with Crippen molar-refractivity contribution in [3.63, 3.8) is 0 Å². The van der Waals surface area contributed by atoms with Crippen LogP contribution in [0.4, 0.5) is 4.79 Å². The number of ether oxygens (including phenoxy) is 1. The monoisotopic (exact) mass is 309 g/mol. The van der Waals surface area contributed by atoms with Crippen LogP contribution in [0.3, 0.4) is 0 Å². The molecule has 22 heavy (non-hydrogen) atoms. The topological polar surface area (TPSA) is 104 Å². The number of rotatable bonds is 6. The highest BCUT2D eigenvalue weighted by atomic mass is 16.6. The summed E-state index contributed by atoms with van der Waals surface area (Å²) in [4.78, 5) is 35.6. The summed E-state index contributed by atoms with van der Waals surface area (Å²) in [6.45, 7) is 2.22. The van der Waals surface area contributed by atoms with Crippen molar-refractivity contribution in [2.24, 2.45) is 0 Å². The van der Waals surface area contributed by atoms with E-state index in [9.17, 15) is 19.5 Å². The predicted molar refractivity (Wildman–Crippen MR) is 77.1 cm³/mol. The lowest BCUT2D eigenvalue weighted by Gasteiger charge is -2.27. The van der Waals surface area contributed by atoms with Crippen LogP contribution >= 0.6 is 0 Å². The minimum atomic E-state index is -2.56. The standard InChI is InChI=1S/C15H19NO6/c1-10(12(17)15(2,21)13(18)19)16(3)14(20)22-9-11-7-5-4-6-8-11/h4-8,10,21H,9H2,1-3H3,(H,18,19)/t10-,15?/m0/s1. The highest BCUT2D eigenvalue weighted by Crippen LogP contribution is 2.13. The smallest absolute Gasteiger partial charge is 0.410 e. The molecule has 1 amide bonds. The Bertz CT molecular complexity index is 554. The van der Waals surface area contributed by atoms with Gasteiger partial charge in [0.05, 0.1) is 6.04 Å². The first-order chi connectivity index (χ1) is 10.2. The van der Waals surface area contributed by atoms with E-state index in [1.165, 1.54) is 14.0 Å². The summed E-state index contributed by atoms with van der Waals surface area (Å²) in [5.41, 5.74) is -1.78. The van der Waals surface area contributed by atoms with E-state index < -0.39 is 29.5 Å². The minimum absolute atomic E-state index is 0.0280. The third kappa shape index (κ3) is 4.05. The molecule has 0 bridgehead atoms. The second-order valence-corrected chi connectivity index (χ2v) is 5.07. The van der Waals surface area contributed by atoms with Gasteiger partial charge in [-0.05, 0) is 19.4 Å². The molecule has 0 heterocycles. The SMILES string of the molecule is C[C@@H](C(=O)C(C)(O)C(=O)O)N(C)C(=O)OCc1ccccc1. The van der Waals surface area contributed by atoms with Crippen LogP contribution in [0.25, 0.3) is 0 Å². The maximum Gasteiger partial charge on any atom is 0.410 e. The van der Waals surface area contributed by atoms with Gasteiger partial charge < -0.3 is 19.8 Å². The number of carbonyl (C=O) groups is 3. The van der Waals surface area contributed by atoms with E-state index in [0.29, 0.717) is 0 Å². The summed E-state index contributed by atoms with van der Waals surface area (Å²) < 4.78 is 5.04. The fourth-order valence-electron chi connectivity index (χ4n) is 1.67. The molecule has 2 N–H and O–H groups in total. The van der Waals surface area contributed by atoms with E-state index in [2.05, 4.69) is 0 Å². The molecule has 7 heteroatoms. The Morgan fingerprint density at radius 2 is 1.82 bits per heavy atom. The first-order valence-electron chi connectivity index (χ1n) is 6.61. The molecule has 0 fully saturated rings. The van der Waals surface area contributed by atoms with Gasteiger partial charge in [-0.1, -0.05) is 30.3 Å². The quantitative estimate of drug-likeness (QED) is 0.761. The lowest BCUT2D eigenvalue weighted by atomic mass is 9.95. The number of Topliss-reactive ketones (excluding diaryl/α,β-unsaturated/α-hetero) is 1. The van der Waals surface area contributed by atoms with E-state index in [4.69, 9.17) is 9.84 Å². The Morgan fingerprint density at radius 3 is 2.32 bits per heavy atom. The first-order valence-corrected chi connectivity index (χ1v) is 6.61. The van der Waals surface area contributed by atoms with Crippen molar-refractivity contribution in [1.29, 1.82) is 0 Å². The molecule has 1 unspecified atom stereocenters. The van der Waals surface area contributed by atoms with Crippen LogP contribution in [-0.2, 0) is 20.9 Å². The molecular formula is C15H19NO6. The number of benzene rings is 1. The summed E-state index contributed by atoms with van der Waals surface area (Å²) in [7, 11) is 1.30. The summed E-state index contributed by atoms with van der Waals surface area (Å²) in [6, 6.07) is 7.82. The Morgan fingerprint density at radius 1 is 1.27 bits per heavy atom. The highest BCUT2D eigenvalue weighted by molar-refractivity contribution is 6.08. The van der Waals surface area contributed by atoms with Crippen molar-refractivity contribution in [1.82, 2.24) is 4.90 Å². The van der Waals surface area contributed by atoms with Gasteiger partial charge in [0, 0.05) is 7.05 Å². The second kappa shape index (κ2) is 7.04. The van der Waals surface area contributed by atoms with E-state index in [1.807, 2.05) is 6.07 Å². The lowest BCUT2D eigenvalue weighted by molar-refractivity contribution is -0.165. The molecule has 0 aliphatic heterocycles. The number of carboxylic acid groups (broad SMARTS) is 1. The maximum absolute atomic E-state index is 11.9. The van der Waals surface area contributed by atoms with E-state index in [-0.39, 0.29) is 6.61 Å². The zero-order chi connectivity index (χ0) is 16.9. The van der Waals surface area contributed by atoms with Crippen LogP contribution in [0.5, 0.6) is 0 Å². The van der Waals surface area contributed by atoms with Crippen molar-refractivity contribution >= 4 is 17.8 Å². The third-order valence-corrected chi connectivity index (χ3v) is 3.35. The number of carbonyl (C=O) groups excluding carboxylic acids is 2. The van der Waals surface area contributed by atoms with Crippen molar-refractivity contribution in [2.45, 2.75) is 32.1 Å². The van der Waals surface area contributed by atoms with Gasteiger partial charge in [-0.3, -0.25) is 4.79 Å². The van der Waals surface area contributed by atoms with E-state index in [1.54, 1.807) is 24.3 Å². The number of nitrogens with zero attached hydrogens (tertiary/aromatic N) is 1. The van der Waals surface area contributed by atoms with Crippen LogP contribution < -0.4 is 0 Å². The van der Waals surface area contributed by atoms with Crippen LogP contribution in [0.15, 0.2) is 30.3 Å². The largest absolute Gasteiger partial charge is 0.479 e. The van der Waals surface area contributed by atoms with Crippen LogP contribution in [0, 0.1) is 0 Å². The molecule has 0 saturated heterocycles. The number of hydrogen-bond donors (Lipinski definition) is 2. The van der Waals surface area contributed by atoms with Gasteiger partial charge in [-0.25, -0.2) is 9.59 Å². The van der Waals surface area contributed by atoms with Gasteiger partial charge in [0.25, 0.3) is 0 Å². The Labute approximate surface area is 128 Å². The lowest BCUT2D eigenvalue weighted by Crippen LogP contribution is -2.53. The summed E-state index contributed by atoms with van der Waals surface area (Å²) >= 11 is 0. The average Bonchev–Trinajstić information content (AvgIpc) is 2.51. The number of ketones is 1. The highest BCUT2D eigenvalue weighted by Gasteiger charge is 2.43. The maximum atomic E-state index is 11.9. The molecule has 0 aromatic heterocycles. The average molecular weight is 309 g/mol. The van der Waals surface area contributed by atoms with Crippen LogP contribution in [0.1, 0.15) is 19.4 Å². The first kappa shape index (κ1) is 17.6. The molecular weight excluding hydrogens is 290 g/mol. The van der Waals surface area contributed by atoms with Crippen molar-refractivity contribution in [3.05, 3.63) is 35.9 Å². The Balaban J connectivity index is 2.66. The fourth-order valence-corrected chi connectivity index (χ4v) is 1.67. The fraction of sp³-hybridized carbons (Fsp3) is 0.400. The van der Waals surface area contributed by atoms with Crippen molar-refractivity contribution < 1.29 is 29.3 Å². The molecule has 1 rings (SSSR count). The van der Waals surface area contributed by atoms with Crippen LogP contribution in [-0.4, -0.2) is 51.6 Å². The number of aliphatic carboxylic acids is 1. The van der Waals surface area contributed by atoms with Gasteiger partial charge in [0.15, 0.2) is 5.78 Å². The zero-order valence-corrected chi connectivity index (χ0v) is 12.6. The van der Waals surface area contributed by atoms with Gasteiger partial charge in [-0.15, -0.1) is 0 Å². The predicted octanol–water partition coefficient (Wildman–Crippen LogP) is 1.05. The number of hydrogen-bond acceptors (Lipinski definition) is 5. The molecule has 7 nitrogen and oxygen atoms in total. The number of amides is 1. The van der Waals surface area contributed by atoms with E-state index in [0.717, 1.165) is 17.4 Å². The molecule has 2 atom stereocenters. The minimum Gasteiger partial charge on any atom is -0.479 e. The molecule has 0 aliphatic carbocycles. The van der Waals surface area contributed by atoms with Crippen LogP contribution in [0.2, 0.25) is 0 Å². The molecule has 0 radical (unpaired) electrons. The zero-order valence-electron chi connectivity index (χ0n) is 12.6. The molecule has 0 aliphatic rings. The summed E-state index contributed by atoms with van der Waals surface area (Å²) in [5, 5.41) is 18.5. The molecule has 1 aromatic rings. The number of carboxylic acids is 1. The van der Waals surface area contributed by atoms with Gasteiger partial charge in [0.2, 0.25) is 5.60 Å². The molecule has 0 saturated carbocycles. The Hall–Kier alpha value is -2.41. The number of aliphatic hydroxyl groups is 1. The van der Waals surface area contributed by atoms with Crippen molar-refractivity contribution in [2.75, 3.05) is 7.05 Å². The van der Waals surface area contributed by atoms with Gasteiger partial charge in [0.1, 0.15) is 6.61 Å². The third-order valence-electron chi connectivity index (χ3n) is 3.35.